The molecular formula is C12H6Cl2O4. The highest BCUT2D eigenvalue weighted by Gasteiger charge is 2.33. The topological polar surface area (TPSA) is 60.4 Å². The molecule has 0 saturated carbocycles. The van der Waals surface area contributed by atoms with Gasteiger partial charge in [-0.15, -0.1) is 0 Å². The maximum Gasteiger partial charge on any atom is 0.308 e. The Labute approximate surface area is 112 Å². The molecule has 0 amide bonds. The van der Waals surface area contributed by atoms with Crippen molar-refractivity contribution in [3.63, 3.8) is 0 Å². The van der Waals surface area contributed by atoms with Crippen LogP contribution >= 0.6 is 23.2 Å². The molecule has 0 aromatic heterocycles. The van der Waals surface area contributed by atoms with Gasteiger partial charge in [-0.3, -0.25) is 14.4 Å². The van der Waals surface area contributed by atoms with Crippen LogP contribution in [0.4, 0.5) is 0 Å². The number of fused-ring (bicyclic) bond motifs is 1. The lowest BCUT2D eigenvalue weighted by atomic mass is 9.93. The zero-order chi connectivity index (χ0) is 13.4. The van der Waals surface area contributed by atoms with Gasteiger partial charge in [-0.2, -0.15) is 0 Å². The molecule has 0 aliphatic heterocycles. The summed E-state index contributed by atoms with van der Waals surface area (Å²) < 4.78 is 4.88. The maximum atomic E-state index is 12.0. The molecule has 0 atom stereocenters. The molecule has 6 heteroatoms. The van der Waals surface area contributed by atoms with Crippen LogP contribution in [0.2, 0.25) is 0 Å². The van der Waals surface area contributed by atoms with Gasteiger partial charge >= 0.3 is 5.97 Å². The van der Waals surface area contributed by atoms with Gasteiger partial charge in [0.1, 0.15) is 15.8 Å². The Morgan fingerprint density at radius 2 is 1.72 bits per heavy atom. The van der Waals surface area contributed by atoms with Crippen LogP contribution in [0.3, 0.4) is 0 Å². The predicted molar refractivity (Wildman–Crippen MR) is 65.1 cm³/mol. The van der Waals surface area contributed by atoms with E-state index in [1.54, 1.807) is 0 Å². The molecule has 2 rings (SSSR count). The van der Waals surface area contributed by atoms with E-state index >= 15 is 0 Å². The van der Waals surface area contributed by atoms with Crippen molar-refractivity contribution in [1.29, 1.82) is 0 Å². The number of carbonyl (C=O) groups excluding carboxylic acids is 3. The first-order valence-corrected chi connectivity index (χ1v) is 5.65. The number of hydrogen-bond donors (Lipinski definition) is 0. The number of esters is 1. The minimum Gasteiger partial charge on any atom is -0.426 e. The molecule has 0 unspecified atom stereocenters. The number of allylic oxidation sites excluding steroid dienone is 2. The first-order chi connectivity index (χ1) is 8.43. The van der Waals surface area contributed by atoms with Crippen LogP contribution in [0.15, 0.2) is 28.3 Å². The molecule has 0 saturated heterocycles. The van der Waals surface area contributed by atoms with E-state index in [1.807, 2.05) is 0 Å². The minimum atomic E-state index is -0.631. The Kier molecular flexibility index (Phi) is 3.24. The average molecular weight is 285 g/mol. The third kappa shape index (κ3) is 1.94. The number of carbonyl (C=O) groups is 3. The number of halogens is 2. The fraction of sp³-hybridized carbons (Fsp3) is 0.0833. The van der Waals surface area contributed by atoms with Crippen molar-refractivity contribution in [3.05, 3.63) is 39.4 Å². The molecule has 92 valence electrons. The van der Waals surface area contributed by atoms with E-state index < -0.39 is 17.5 Å². The van der Waals surface area contributed by atoms with Crippen molar-refractivity contribution in [2.45, 2.75) is 6.92 Å². The first-order valence-electron chi connectivity index (χ1n) is 4.89. The van der Waals surface area contributed by atoms with Crippen molar-refractivity contribution >= 4 is 40.7 Å². The summed E-state index contributed by atoms with van der Waals surface area (Å²) in [6.07, 6.45) is 0. The zero-order valence-electron chi connectivity index (χ0n) is 9.12. The van der Waals surface area contributed by atoms with Crippen LogP contribution in [0.25, 0.3) is 0 Å². The Bertz CT molecular complexity index is 617. The summed E-state index contributed by atoms with van der Waals surface area (Å²) in [4.78, 5) is 34.7. The third-order valence-electron chi connectivity index (χ3n) is 2.34. The summed E-state index contributed by atoms with van der Waals surface area (Å²) in [5.41, 5.74) is 0.0419. The molecule has 4 nitrogen and oxygen atoms in total. The van der Waals surface area contributed by atoms with Gasteiger partial charge in [-0.05, 0) is 12.1 Å². The number of ketones is 2. The summed E-state index contributed by atoms with van der Waals surface area (Å²) in [5, 5.41) is -0.692. The molecule has 1 aromatic carbocycles. The first kappa shape index (κ1) is 12.8. The van der Waals surface area contributed by atoms with Crippen molar-refractivity contribution in [2.75, 3.05) is 0 Å². The van der Waals surface area contributed by atoms with E-state index in [4.69, 9.17) is 27.9 Å². The van der Waals surface area contributed by atoms with Gasteiger partial charge in [0.2, 0.25) is 11.6 Å². The highest BCUT2D eigenvalue weighted by atomic mass is 35.5. The number of Topliss-reactive ketones (excluding diaryl/α,β-unsaturated/α-hetero) is 2. The van der Waals surface area contributed by atoms with E-state index in [0.717, 1.165) is 0 Å². The minimum absolute atomic E-state index is 0.000617. The van der Waals surface area contributed by atoms with E-state index in [-0.39, 0.29) is 26.9 Å². The lowest BCUT2D eigenvalue weighted by molar-refractivity contribution is -0.131. The third-order valence-corrected chi connectivity index (χ3v) is 3.16. The lowest BCUT2D eigenvalue weighted by Gasteiger charge is -2.16. The fourth-order valence-electron chi connectivity index (χ4n) is 1.62. The molecule has 1 aromatic rings. The van der Waals surface area contributed by atoms with Crippen LogP contribution in [0, 0.1) is 0 Å². The van der Waals surface area contributed by atoms with Gasteiger partial charge < -0.3 is 4.74 Å². The molecule has 0 spiro atoms. The van der Waals surface area contributed by atoms with Crippen LogP contribution in [-0.2, 0) is 4.79 Å². The molecule has 1 aliphatic rings. The fourth-order valence-corrected chi connectivity index (χ4v) is 1.99. The Balaban J connectivity index is 2.67. The Hall–Kier alpha value is -1.65. The normalized spacial score (nSPS) is 14.6. The van der Waals surface area contributed by atoms with Gasteiger partial charge in [0.25, 0.3) is 0 Å². The average Bonchev–Trinajstić information content (AvgIpc) is 2.32. The summed E-state index contributed by atoms with van der Waals surface area (Å²) in [6, 6.07) is 4.33. The molecule has 0 heterocycles. The molecule has 0 N–H and O–H groups in total. The second-order valence-corrected chi connectivity index (χ2v) is 4.31. The molecule has 0 fully saturated rings. The second-order valence-electron chi connectivity index (χ2n) is 3.56. The van der Waals surface area contributed by atoms with Crippen LogP contribution in [0.5, 0.6) is 5.75 Å². The Morgan fingerprint density at radius 1 is 1.11 bits per heavy atom. The smallest absolute Gasteiger partial charge is 0.308 e. The predicted octanol–water partition coefficient (Wildman–Crippen LogP) is 2.68. The monoisotopic (exact) mass is 284 g/mol. The van der Waals surface area contributed by atoms with Crippen molar-refractivity contribution in [2.24, 2.45) is 0 Å². The number of hydrogen-bond acceptors (Lipinski definition) is 4. The molecule has 18 heavy (non-hydrogen) atoms. The van der Waals surface area contributed by atoms with E-state index in [9.17, 15) is 14.4 Å². The number of ether oxygens (including phenoxy) is 1. The molecule has 1 aliphatic carbocycles. The summed E-state index contributed by atoms with van der Waals surface area (Å²) in [7, 11) is 0. The van der Waals surface area contributed by atoms with E-state index in [1.165, 1.54) is 25.1 Å². The number of rotatable bonds is 1. The number of benzene rings is 1. The molecule has 0 radical (unpaired) electrons. The second kappa shape index (κ2) is 4.55. The van der Waals surface area contributed by atoms with Gasteiger partial charge in [0.05, 0.1) is 5.56 Å². The van der Waals surface area contributed by atoms with E-state index in [0.29, 0.717) is 0 Å². The SMILES string of the molecule is CC(=O)Oc1cccc2c1C(=O)C(Cl)=C(Cl)C2=O. The van der Waals surface area contributed by atoms with Crippen LogP contribution in [-0.4, -0.2) is 17.5 Å². The van der Waals surface area contributed by atoms with Gasteiger partial charge in [0.15, 0.2) is 0 Å². The van der Waals surface area contributed by atoms with Crippen molar-refractivity contribution < 1.29 is 19.1 Å². The zero-order valence-corrected chi connectivity index (χ0v) is 10.6. The van der Waals surface area contributed by atoms with Crippen LogP contribution in [0.1, 0.15) is 27.6 Å². The highest BCUT2D eigenvalue weighted by molar-refractivity contribution is 6.59. The largest absolute Gasteiger partial charge is 0.426 e. The summed E-state index contributed by atoms with van der Waals surface area (Å²) in [5.74, 6) is -1.79. The van der Waals surface area contributed by atoms with Crippen molar-refractivity contribution in [1.82, 2.24) is 0 Å². The quantitative estimate of drug-likeness (QED) is 0.588. The van der Waals surface area contributed by atoms with Gasteiger partial charge in [-0.1, -0.05) is 29.3 Å². The van der Waals surface area contributed by atoms with Crippen LogP contribution < -0.4 is 4.74 Å². The maximum absolute atomic E-state index is 12.0. The molecule has 0 bridgehead atoms. The highest BCUT2D eigenvalue weighted by Crippen LogP contribution is 2.35. The lowest BCUT2D eigenvalue weighted by Crippen LogP contribution is -2.19. The summed E-state index contributed by atoms with van der Waals surface area (Å²) >= 11 is 11.4. The van der Waals surface area contributed by atoms with Gasteiger partial charge in [0, 0.05) is 12.5 Å². The Morgan fingerprint density at radius 3 is 2.33 bits per heavy atom. The van der Waals surface area contributed by atoms with E-state index in [2.05, 4.69) is 0 Å². The van der Waals surface area contributed by atoms with Gasteiger partial charge in [-0.25, -0.2) is 0 Å². The van der Waals surface area contributed by atoms with Crippen molar-refractivity contribution in [3.8, 4) is 5.75 Å². The standard InChI is InChI=1S/C12H6Cl2O4/c1-5(15)18-7-4-2-3-6-8(7)12(17)10(14)9(13)11(6)16/h2-4H,1H3. The molecular weight excluding hydrogens is 279 g/mol. The summed E-state index contributed by atoms with van der Waals surface area (Å²) in [6.45, 7) is 1.19.